The Morgan fingerprint density at radius 3 is 2.89 bits per heavy atom. The van der Waals surface area contributed by atoms with Gasteiger partial charge in [-0.3, -0.25) is 4.98 Å². The average molecular weight is 237 g/mol. The van der Waals surface area contributed by atoms with E-state index in [9.17, 15) is 0 Å². The SMILES string of the molecule is CCCCCCC#Cc1cnc2ccccc2c1. The van der Waals surface area contributed by atoms with Crippen molar-refractivity contribution in [1.29, 1.82) is 0 Å². The lowest BCUT2D eigenvalue weighted by Gasteiger charge is -1.96. The second-order valence-corrected chi connectivity index (χ2v) is 4.53. The molecule has 0 fully saturated rings. The predicted molar refractivity (Wildman–Crippen MR) is 77.4 cm³/mol. The van der Waals surface area contributed by atoms with E-state index < -0.39 is 0 Å². The van der Waals surface area contributed by atoms with Gasteiger partial charge in [-0.15, -0.1) is 0 Å². The summed E-state index contributed by atoms with van der Waals surface area (Å²) in [6, 6.07) is 10.3. The fourth-order valence-corrected chi connectivity index (χ4v) is 1.94. The topological polar surface area (TPSA) is 12.9 Å². The summed E-state index contributed by atoms with van der Waals surface area (Å²) in [7, 11) is 0. The first-order valence-corrected chi connectivity index (χ1v) is 6.74. The number of hydrogen-bond donors (Lipinski definition) is 0. The Hall–Kier alpha value is -1.81. The zero-order valence-corrected chi connectivity index (χ0v) is 10.9. The summed E-state index contributed by atoms with van der Waals surface area (Å²) in [4.78, 5) is 4.41. The minimum absolute atomic E-state index is 0.993. The van der Waals surface area contributed by atoms with E-state index in [0.29, 0.717) is 0 Å². The van der Waals surface area contributed by atoms with E-state index in [1.54, 1.807) is 0 Å². The predicted octanol–water partition coefficient (Wildman–Crippen LogP) is 4.56. The third kappa shape index (κ3) is 3.60. The molecule has 92 valence electrons. The van der Waals surface area contributed by atoms with Gasteiger partial charge in [-0.05, 0) is 18.6 Å². The molecule has 18 heavy (non-hydrogen) atoms. The van der Waals surface area contributed by atoms with Crippen LogP contribution in [0, 0.1) is 11.8 Å². The van der Waals surface area contributed by atoms with Crippen LogP contribution in [0.4, 0.5) is 0 Å². The molecule has 1 heterocycles. The first-order valence-electron chi connectivity index (χ1n) is 6.74. The molecule has 2 rings (SSSR count). The van der Waals surface area contributed by atoms with Crippen LogP contribution in [0.3, 0.4) is 0 Å². The van der Waals surface area contributed by atoms with Crippen LogP contribution in [-0.2, 0) is 0 Å². The lowest BCUT2D eigenvalue weighted by Crippen LogP contribution is -1.81. The third-order valence-corrected chi connectivity index (χ3v) is 2.98. The number of unbranched alkanes of at least 4 members (excludes halogenated alkanes) is 4. The fourth-order valence-electron chi connectivity index (χ4n) is 1.94. The number of para-hydroxylation sites is 1. The molecule has 0 saturated heterocycles. The van der Waals surface area contributed by atoms with Crippen molar-refractivity contribution in [3.63, 3.8) is 0 Å². The van der Waals surface area contributed by atoms with Gasteiger partial charge >= 0.3 is 0 Å². The summed E-state index contributed by atoms with van der Waals surface area (Å²) in [6.45, 7) is 2.23. The molecule has 1 aromatic heterocycles. The molecule has 0 N–H and O–H groups in total. The largest absolute Gasteiger partial charge is 0.255 e. The van der Waals surface area contributed by atoms with Crippen molar-refractivity contribution in [2.45, 2.75) is 39.0 Å². The zero-order valence-electron chi connectivity index (χ0n) is 10.9. The summed E-state index contributed by atoms with van der Waals surface area (Å²) in [5, 5.41) is 1.16. The van der Waals surface area contributed by atoms with E-state index >= 15 is 0 Å². The number of aromatic nitrogens is 1. The molecule has 1 aromatic carbocycles. The molecule has 1 nitrogen and oxygen atoms in total. The fraction of sp³-hybridized carbons (Fsp3) is 0.353. The van der Waals surface area contributed by atoms with Gasteiger partial charge in [-0.1, -0.05) is 56.2 Å². The molecular formula is C17H19N. The van der Waals surface area contributed by atoms with Crippen LogP contribution in [-0.4, -0.2) is 4.98 Å². The van der Waals surface area contributed by atoms with Crippen molar-refractivity contribution >= 4 is 10.9 Å². The zero-order chi connectivity index (χ0) is 12.6. The average Bonchev–Trinajstić information content (AvgIpc) is 2.42. The maximum absolute atomic E-state index is 4.41. The molecule has 0 atom stereocenters. The standard InChI is InChI=1S/C17H19N/c1-2-3-4-5-6-7-10-15-13-16-11-8-9-12-17(16)18-14-15/h8-9,11-14H,2-6H2,1H3. The summed E-state index contributed by atoms with van der Waals surface area (Å²) in [5.74, 6) is 6.44. The Bertz CT molecular complexity index is 560. The molecule has 0 bridgehead atoms. The second-order valence-electron chi connectivity index (χ2n) is 4.53. The maximum atomic E-state index is 4.41. The molecule has 0 unspecified atom stereocenters. The monoisotopic (exact) mass is 237 g/mol. The lowest BCUT2D eigenvalue weighted by molar-refractivity contribution is 0.679. The van der Waals surface area contributed by atoms with Crippen molar-refractivity contribution in [2.24, 2.45) is 0 Å². The highest BCUT2D eigenvalue weighted by atomic mass is 14.6. The first kappa shape index (κ1) is 12.6. The normalized spacial score (nSPS) is 10.1. The number of hydrogen-bond acceptors (Lipinski definition) is 1. The lowest BCUT2D eigenvalue weighted by atomic mass is 10.1. The van der Waals surface area contributed by atoms with Gasteiger partial charge in [0, 0.05) is 23.6 Å². The number of nitrogens with zero attached hydrogens (tertiary/aromatic N) is 1. The van der Waals surface area contributed by atoms with Crippen molar-refractivity contribution < 1.29 is 0 Å². The van der Waals surface area contributed by atoms with Gasteiger partial charge in [0.2, 0.25) is 0 Å². The Morgan fingerprint density at radius 1 is 1.11 bits per heavy atom. The van der Waals surface area contributed by atoms with Gasteiger partial charge in [0.1, 0.15) is 0 Å². The second kappa shape index (κ2) is 6.81. The molecular weight excluding hydrogens is 218 g/mol. The van der Waals surface area contributed by atoms with Gasteiger partial charge < -0.3 is 0 Å². The Morgan fingerprint density at radius 2 is 2.00 bits per heavy atom. The molecule has 0 saturated carbocycles. The van der Waals surface area contributed by atoms with E-state index in [1.807, 2.05) is 24.4 Å². The van der Waals surface area contributed by atoms with Crippen LogP contribution in [0.25, 0.3) is 10.9 Å². The van der Waals surface area contributed by atoms with E-state index in [2.05, 4.69) is 35.9 Å². The van der Waals surface area contributed by atoms with Crippen LogP contribution in [0.15, 0.2) is 36.5 Å². The van der Waals surface area contributed by atoms with Crippen LogP contribution in [0.2, 0.25) is 0 Å². The maximum Gasteiger partial charge on any atom is 0.0702 e. The number of fused-ring (bicyclic) bond motifs is 1. The highest BCUT2D eigenvalue weighted by Gasteiger charge is 1.93. The molecule has 1 heteroatoms. The van der Waals surface area contributed by atoms with E-state index in [0.717, 1.165) is 22.9 Å². The minimum Gasteiger partial charge on any atom is -0.255 e. The van der Waals surface area contributed by atoms with Gasteiger partial charge in [-0.25, -0.2) is 0 Å². The van der Waals surface area contributed by atoms with Gasteiger partial charge in [0.15, 0.2) is 0 Å². The van der Waals surface area contributed by atoms with E-state index in [4.69, 9.17) is 0 Å². The Labute approximate surface area is 109 Å². The van der Waals surface area contributed by atoms with Crippen LogP contribution >= 0.6 is 0 Å². The summed E-state index contributed by atoms with van der Waals surface area (Å²) < 4.78 is 0. The van der Waals surface area contributed by atoms with E-state index in [1.165, 1.54) is 25.7 Å². The van der Waals surface area contributed by atoms with E-state index in [-0.39, 0.29) is 0 Å². The highest BCUT2D eigenvalue weighted by molar-refractivity contribution is 5.79. The summed E-state index contributed by atoms with van der Waals surface area (Å²) >= 11 is 0. The smallest absolute Gasteiger partial charge is 0.0702 e. The van der Waals surface area contributed by atoms with Crippen molar-refractivity contribution in [3.05, 3.63) is 42.1 Å². The Balaban J connectivity index is 1.97. The van der Waals surface area contributed by atoms with Crippen LogP contribution < -0.4 is 0 Å². The molecule has 0 aliphatic carbocycles. The molecule has 0 aliphatic rings. The Kier molecular flexibility index (Phi) is 4.78. The van der Waals surface area contributed by atoms with Gasteiger partial charge in [-0.2, -0.15) is 0 Å². The number of pyridine rings is 1. The molecule has 0 aliphatic heterocycles. The summed E-state index contributed by atoms with van der Waals surface area (Å²) in [6.07, 6.45) is 7.96. The molecule has 2 aromatic rings. The third-order valence-electron chi connectivity index (χ3n) is 2.98. The van der Waals surface area contributed by atoms with Crippen molar-refractivity contribution in [1.82, 2.24) is 4.98 Å². The van der Waals surface area contributed by atoms with Crippen molar-refractivity contribution in [3.8, 4) is 11.8 Å². The number of rotatable bonds is 4. The quantitative estimate of drug-likeness (QED) is 0.561. The first-order chi connectivity index (χ1) is 8.90. The molecule has 0 amide bonds. The molecule has 0 spiro atoms. The number of benzene rings is 1. The van der Waals surface area contributed by atoms with Gasteiger partial charge in [0.05, 0.1) is 5.52 Å². The van der Waals surface area contributed by atoms with Gasteiger partial charge in [0.25, 0.3) is 0 Å². The van der Waals surface area contributed by atoms with Crippen molar-refractivity contribution in [2.75, 3.05) is 0 Å². The highest BCUT2D eigenvalue weighted by Crippen LogP contribution is 2.11. The van der Waals surface area contributed by atoms with Crippen LogP contribution in [0.5, 0.6) is 0 Å². The summed E-state index contributed by atoms with van der Waals surface area (Å²) in [5.41, 5.74) is 2.05. The molecule has 0 radical (unpaired) electrons. The van der Waals surface area contributed by atoms with Crippen LogP contribution in [0.1, 0.15) is 44.6 Å². The minimum atomic E-state index is 0.993.